The van der Waals surface area contributed by atoms with Crippen LogP contribution in [-0.2, 0) is 10.0 Å². The number of nitrogens with one attached hydrogen (secondary N) is 2. The van der Waals surface area contributed by atoms with Gasteiger partial charge in [0.2, 0.25) is 21.7 Å². The Morgan fingerprint density at radius 3 is 2.21 bits per heavy atom. The number of rotatable bonds is 6. The predicted octanol–water partition coefficient (Wildman–Crippen LogP) is 1.41. The van der Waals surface area contributed by atoms with Crippen LogP contribution in [0.25, 0.3) is 0 Å². The van der Waals surface area contributed by atoms with Crippen molar-refractivity contribution >= 4 is 38.9 Å². The van der Waals surface area contributed by atoms with Crippen molar-refractivity contribution in [3.63, 3.8) is 0 Å². The topological polar surface area (TPSA) is 170 Å². The summed E-state index contributed by atoms with van der Waals surface area (Å²) in [4.78, 5) is 27.9. The first-order chi connectivity index (χ1) is 11.2. The maximum Gasteiger partial charge on any atom is 0.319 e. The molecule has 0 spiro atoms. The lowest BCUT2D eigenvalue weighted by atomic mass is 10.3. The van der Waals surface area contributed by atoms with E-state index in [9.17, 15) is 28.6 Å². The predicted molar refractivity (Wildman–Crippen MR) is 83.5 cm³/mol. The minimum absolute atomic E-state index is 0.187. The standard InChI is InChI=1S/C11H10N6O6S/c1-24(22,23)15-11-8(17(20)21)6-7(16(18)19)10(14-11)13-9-4-2-3-5-12-9/h2-6H,1H3,(H2,12,13,14,15). The summed E-state index contributed by atoms with van der Waals surface area (Å²) < 4.78 is 24.5. The van der Waals surface area contributed by atoms with Crippen LogP contribution in [0.3, 0.4) is 0 Å². The van der Waals surface area contributed by atoms with Gasteiger partial charge in [0.1, 0.15) is 11.9 Å². The molecule has 0 fully saturated rings. The molecule has 0 aliphatic heterocycles. The van der Waals surface area contributed by atoms with Crippen LogP contribution in [0.15, 0.2) is 30.5 Å². The molecular formula is C11H10N6O6S. The number of nitrogens with zero attached hydrogens (tertiary/aromatic N) is 4. The summed E-state index contributed by atoms with van der Waals surface area (Å²) in [7, 11) is -3.89. The van der Waals surface area contributed by atoms with E-state index in [1.807, 2.05) is 4.72 Å². The second kappa shape index (κ2) is 6.41. The van der Waals surface area contributed by atoms with Crippen molar-refractivity contribution < 1.29 is 18.3 Å². The summed E-state index contributed by atoms with van der Waals surface area (Å²) in [5.74, 6) is -0.853. The van der Waals surface area contributed by atoms with Gasteiger partial charge in [-0.15, -0.1) is 0 Å². The van der Waals surface area contributed by atoms with E-state index in [1.165, 1.54) is 12.3 Å². The Labute approximate surface area is 134 Å². The first kappa shape index (κ1) is 17.0. The molecule has 2 N–H and O–H groups in total. The van der Waals surface area contributed by atoms with Crippen molar-refractivity contribution in [2.75, 3.05) is 16.3 Å². The average Bonchev–Trinajstić information content (AvgIpc) is 2.46. The van der Waals surface area contributed by atoms with E-state index >= 15 is 0 Å². The first-order valence-corrected chi connectivity index (χ1v) is 8.06. The number of hydrogen-bond donors (Lipinski definition) is 2. The van der Waals surface area contributed by atoms with Gasteiger partial charge in [-0.05, 0) is 12.1 Å². The van der Waals surface area contributed by atoms with Crippen LogP contribution in [0.1, 0.15) is 0 Å². The van der Waals surface area contributed by atoms with E-state index in [0.29, 0.717) is 6.07 Å². The third-order valence-corrected chi connectivity index (χ3v) is 3.13. The van der Waals surface area contributed by atoms with Gasteiger partial charge >= 0.3 is 11.4 Å². The molecular weight excluding hydrogens is 344 g/mol. The third-order valence-electron chi connectivity index (χ3n) is 2.57. The zero-order chi connectivity index (χ0) is 17.9. The Bertz CT molecular complexity index is 901. The molecule has 126 valence electrons. The molecule has 0 aromatic carbocycles. The molecule has 0 aliphatic rings. The van der Waals surface area contributed by atoms with E-state index in [4.69, 9.17) is 0 Å². The van der Waals surface area contributed by atoms with Crippen LogP contribution in [0, 0.1) is 20.2 Å². The van der Waals surface area contributed by atoms with E-state index in [-0.39, 0.29) is 5.82 Å². The highest BCUT2D eigenvalue weighted by Gasteiger charge is 2.28. The van der Waals surface area contributed by atoms with E-state index in [0.717, 1.165) is 6.26 Å². The van der Waals surface area contributed by atoms with Crippen molar-refractivity contribution in [1.29, 1.82) is 0 Å². The lowest BCUT2D eigenvalue weighted by molar-refractivity contribution is -0.393. The molecule has 2 aromatic heterocycles. The van der Waals surface area contributed by atoms with Gasteiger partial charge in [0.15, 0.2) is 0 Å². The molecule has 2 aromatic rings. The van der Waals surface area contributed by atoms with Gasteiger partial charge in [-0.25, -0.2) is 13.4 Å². The smallest absolute Gasteiger partial charge is 0.319 e. The van der Waals surface area contributed by atoms with Crippen LogP contribution in [0.5, 0.6) is 0 Å². The van der Waals surface area contributed by atoms with Crippen LogP contribution < -0.4 is 10.0 Å². The summed E-state index contributed by atoms with van der Waals surface area (Å²) in [6.07, 6.45) is 2.18. The zero-order valence-electron chi connectivity index (χ0n) is 12.0. The van der Waals surface area contributed by atoms with Gasteiger partial charge in [-0.2, -0.15) is 4.98 Å². The minimum Gasteiger partial charge on any atom is -0.319 e. The molecule has 0 radical (unpaired) electrons. The van der Waals surface area contributed by atoms with Gasteiger partial charge in [0.25, 0.3) is 0 Å². The van der Waals surface area contributed by atoms with Crippen LogP contribution in [0.4, 0.5) is 28.8 Å². The lowest BCUT2D eigenvalue weighted by Crippen LogP contribution is -2.14. The largest absolute Gasteiger partial charge is 0.319 e. The minimum atomic E-state index is -3.89. The SMILES string of the molecule is CS(=O)(=O)Nc1nc(Nc2ccccn2)c([N+](=O)[O-])cc1[N+](=O)[O-]. The van der Waals surface area contributed by atoms with Crippen molar-refractivity contribution in [2.45, 2.75) is 0 Å². The highest BCUT2D eigenvalue weighted by molar-refractivity contribution is 7.92. The Kier molecular flexibility index (Phi) is 4.54. The summed E-state index contributed by atoms with van der Waals surface area (Å²) in [5.41, 5.74) is -1.55. The van der Waals surface area contributed by atoms with E-state index in [1.54, 1.807) is 12.1 Å². The van der Waals surface area contributed by atoms with E-state index in [2.05, 4.69) is 15.3 Å². The fraction of sp³-hybridized carbons (Fsp3) is 0.0909. The molecule has 0 unspecified atom stereocenters. The zero-order valence-corrected chi connectivity index (χ0v) is 12.8. The number of sulfonamides is 1. The Morgan fingerprint density at radius 1 is 1.08 bits per heavy atom. The van der Waals surface area contributed by atoms with Gasteiger partial charge in [-0.3, -0.25) is 25.0 Å². The quantitative estimate of drug-likeness (QED) is 0.574. The Morgan fingerprint density at radius 2 is 1.71 bits per heavy atom. The van der Waals surface area contributed by atoms with Gasteiger partial charge < -0.3 is 5.32 Å². The molecule has 2 heterocycles. The number of anilines is 3. The van der Waals surface area contributed by atoms with Crippen molar-refractivity contribution in [1.82, 2.24) is 9.97 Å². The lowest BCUT2D eigenvalue weighted by Gasteiger charge is -2.09. The third kappa shape index (κ3) is 4.10. The fourth-order valence-corrected chi connectivity index (χ4v) is 2.17. The van der Waals surface area contributed by atoms with Crippen LogP contribution in [-0.4, -0.2) is 34.5 Å². The monoisotopic (exact) mass is 354 g/mol. The molecule has 0 bridgehead atoms. The summed E-state index contributed by atoms with van der Waals surface area (Å²) >= 11 is 0. The normalized spacial score (nSPS) is 10.9. The molecule has 0 saturated carbocycles. The molecule has 0 saturated heterocycles. The van der Waals surface area contributed by atoms with Gasteiger partial charge in [0.05, 0.1) is 16.1 Å². The van der Waals surface area contributed by atoms with Crippen molar-refractivity contribution in [2.24, 2.45) is 0 Å². The molecule has 2 rings (SSSR count). The number of aromatic nitrogens is 2. The van der Waals surface area contributed by atoms with Crippen LogP contribution in [0.2, 0.25) is 0 Å². The fourth-order valence-electron chi connectivity index (χ4n) is 1.67. The average molecular weight is 354 g/mol. The van der Waals surface area contributed by atoms with Crippen molar-refractivity contribution in [3.8, 4) is 0 Å². The molecule has 12 nitrogen and oxygen atoms in total. The Hall–Kier alpha value is -3.35. The maximum absolute atomic E-state index is 11.3. The summed E-state index contributed by atoms with van der Waals surface area (Å²) in [5, 5.41) is 24.7. The first-order valence-electron chi connectivity index (χ1n) is 6.17. The van der Waals surface area contributed by atoms with Gasteiger partial charge in [-0.1, -0.05) is 6.07 Å². The highest BCUT2D eigenvalue weighted by atomic mass is 32.2. The number of nitro groups is 2. The molecule has 0 atom stereocenters. The maximum atomic E-state index is 11.3. The summed E-state index contributed by atoms with van der Waals surface area (Å²) in [6, 6.07) is 5.31. The molecule has 24 heavy (non-hydrogen) atoms. The second-order valence-corrected chi connectivity index (χ2v) is 6.20. The number of pyridine rings is 2. The molecule has 0 aliphatic carbocycles. The number of hydrogen-bond acceptors (Lipinski definition) is 9. The molecule has 0 amide bonds. The highest BCUT2D eigenvalue weighted by Crippen LogP contribution is 2.34. The molecule has 13 heteroatoms. The van der Waals surface area contributed by atoms with Crippen LogP contribution >= 0.6 is 0 Å². The van der Waals surface area contributed by atoms with Crippen molar-refractivity contribution in [3.05, 3.63) is 50.7 Å². The Balaban J connectivity index is 2.61. The summed E-state index contributed by atoms with van der Waals surface area (Å²) in [6.45, 7) is 0. The second-order valence-electron chi connectivity index (χ2n) is 4.45. The van der Waals surface area contributed by atoms with Gasteiger partial charge in [0, 0.05) is 6.20 Å². The van der Waals surface area contributed by atoms with E-state index < -0.39 is 42.9 Å².